The molecule has 4 nitrogen and oxygen atoms in total. The molecule has 0 unspecified atom stereocenters. The summed E-state index contributed by atoms with van der Waals surface area (Å²) in [6.45, 7) is 0. The third-order valence-electron chi connectivity index (χ3n) is 1.12. The van der Waals surface area contributed by atoms with Gasteiger partial charge in [0.2, 0.25) is 0 Å². The predicted molar refractivity (Wildman–Crippen MR) is 43.1 cm³/mol. The van der Waals surface area contributed by atoms with E-state index in [2.05, 4.69) is 5.14 Å². The van der Waals surface area contributed by atoms with Crippen molar-refractivity contribution in [2.75, 3.05) is 4.72 Å². The molecule has 0 radical (unpaired) electrons. The van der Waals surface area contributed by atoms with Gasteiger partial charge >= 0.3 is 0 Å². The maximum atomic E-state index is 12.5. The maximum absolute atomic E-state index is 12.5. The van der Waals surface area contributed by atoms with Gasteiger partial charge in [0, 0.05) is 6.07 Å². The van der Waals surface area contributed by atoms with Gasteiger partial charge in [0.15, 0.2) is 0 Å². The van der Waals surface area contributed by atoms with Gasteiger partial charge in [-0.2, -0.15) is 8.42 Å². The quantitative estimate of drug-likeness (QED) is 0.746. The molecule has 0 aliphatic heterocycles. The molecule has 0 spiro atoms. The van der Waals surface area contributed by atoms with Crippen LogP contribution in [0.5, 0.6) is 0 Å². The molecule has 1 rings (SSSR count). The molecule has 0 saturated carbocycles. The third kappa shape index (κ3) is 3.34. The minimum Gasteiger partial charge on any atom is -0.271 e. The van der Waals surface area contributed by atoms with Crippen LogP contribution in [0.3, 0.4) is 0 Å². The molecule has 72 valence electrons. The lowest BCUT2D eigenvalue weighted by molar-refractivity contribution is 0.584. The minimum absolute atomic E-state index is 0.250. The molecule has 0 aliphatic rings. The zero-order valence-electron chi connectivity index (χ0n) is 6.29. The van der Waals surface area contributed by atoms with Crippen LogP contribution >= 0.6 is 0 Å². The van der Waals surface area contributed by atoms with Crippen LogP contribution < -0.4 is 9.86 Å². The van der Waals surface area contributed by atoms with E-state index in [1.54, 1.807) is 4.72 Å². The zero-order chi connectivity index (χ0) is 10.1. The number of rotatable bonds is 2. The van der Waals surface area contributed by atoms with Crippen molar-refractivity contribution < 1.29 is 17.2 Å². The fraction of sp³-hybridized carbons (Fsp3) is 0. The van der Waals surface area contributed by atoms with Gasteiger partial charge in [-0.1, -0.05) is 0 Å². The minimum atomic E-state index is -3.99. The highest BCUT2D eigenvalue weighted by molar-refractivity contribution is 7.90. The van der Waals surface area contributed by atoms with Gasteiger partial charge in [-0.05, 0) is 12.1 Å². The SMILES string of the molecule is NS(=O)(=O)Nc1cc(F)cc(F)c1. The Morgan fingerprint density at radius 2 is 1.62 bits per heavy atom. The first-order chi connectivity index (χ1) is 5.87. The Hall–Kier alpha value is -1.21. The first-order valence-electron chi connectivity index (χ1n) is 3.13. The largest absolute Gasteiger partial charge is 0.296 e. The van der Waals surface area contributed by atoms with E-state index in [1.807, 2.05) is 0 Å². The molecule has 1 aromatic carbocycles. The summed E-state index contributed by atoms with van der Waals surface area (Å²) in [6.07, 6.45) is 0. The fourth-order valence-corrected chi connectivity index (χ4v) is 1.22. The lowest BCUT2D eigenvalue weighted by atomic mass is 10.3. The van der Waals surface area contributed by atoms with Crippen LogP contribution in [0.1, 0.15) is 0 Å². The van der Waals surface area contributed by atoms with Crippen molar-refractivity contribution in [3.63, 3.8) is 0 Å². The average molecular weight is 208 g/mol. The molecule has 0 aliphatic carbocycles. The molecule has 3 N–H and O–H groups in total. The van der Waals surface area contributed by atoms with E-state index in [0.29, 0.717) is 6.07 Å². The number of nitrogens with one attached hydrogen (secondary N) is 1. The van der Waals surface area contributed by atoms with Gasteiger partial charge in [-0.3, -0.25) is 4.72 Å². The van der Waals surface area contributed by atoms with Crippen LogP contribution in [0.2, 0.25) is 0 Å². The standard InChI is InChI=1S/C6H6F2N2O2S/c7-4-1-5(8)3-6(2-4)10-13(9,11)12/h1-3,10H,(H2,9,11,12). The first kappa shape index (κ1) is 9.87. The molecule has 0 aromatic heterocycles. The number of hydrogen-bond acceptors (Lipinski definition) is 2. The number of nitrogens with two attached hydrogens (primary N) is 1. The van der Waals surface area contributed by atoms with E-state index in [1.165, 1.54) is 0 Å². The molecule has 0 saturated heterocycles. The fourth-order valence-electron chi connectivity index (χ4n) is 0.777. The third-order valence-corrected chi connectivity index (χ3v) is 1.64. The van der Waals surface area contributed by atoms with Crippen LogP contribution in [0.15, 0.2) is 18.2 Å². The maximum Gasteiger partial charge on any atom is 0.296 e. The monoisotopic (exact) mass is 208 g/mol. The lowest BCUT2D eigenvalue weighted by Gasteiger charge is -2.02. The Morgan fingerprint density at radius 3 is 2.00 bits per heavy atom. The van der Waals surface area contributed by atoms with Gasteiger partial charge in [-0.25, -0.2) is 13.9 Å². The first-order valence-corrected chi connectivity index (χ1v) is 4.68. The van der Waals surface area contributed by atoms with Gasteiger partial charge in [0.05, 0.1) is 5.69 Å². The molecule has 1 aromatic rings. The Balaban J connectivity index is 3.03. The average Bonchev–Trinajstić information content (AvgIpc) is 1.78. The topological polar surface area (TPSA) is 72.2 Å². The summed E-state index contributed by atoms with van der Waals surface area (Å²) in [5.74, 6) is -1.77. The second-order valence-corrected chi connectivity index (χ2v) is 3.60. The van der Waals surface area contributed by atoms with Crippen LogP contribution in [-0.4, -0.2) is 8.42 Å². The van der Waals surface area contributed by atoms with Crippen molar-refractivity contribution in [1.29, 1.82) is 0 Å². The molecular weight excluding hydrogens is 202 g/mol. The van der Waals surface area contributed by atoms with E-state index in [4.69, 9.17) is 0 Å². The second-order valence-electron chi connectivity index (χ2n) is 2.31. The van der Waals surface area contributed by atoms with Crippen LogP contribution in [0.25, 0.3) is 0 Å². The highest BCUT2D eigenvalue weighted by Crippen LogP contribution is 2.12. The molecular formula is C6H6F2N2O2S. The highest BCUT2D eigenvalue weighted by Gasteiger charge is 2.05. The van der Waals surface area contributed by atoms with Gasteiger partial charge in [0.1, 0.15) is 11.6 Å². The predicted octanol–water partition coefficient (Wildman–Crippen LogP) is 0.580. The normalized spacial score (nSPS) is 11.3. The Labute approximate surface area is 73.5 Å². The van der Waals surface area contributed by atoms with E-state index >= 15 is 0 Å². The van der Waals surface area contributed by atoms with Crippen LogP contribution in [0.4, 0.5) is 14.5 Å². The summed E-state index contributed by atoms with van der Waals surface area (Å²) in [5, 5.41) is 4.58. The summed E-state index contributed by atoms with van der Waals surface area (Å²) in [4.78, 5) is 0. The van der Waals surface area contributed by atoms with Crippen LogP contribution in [-0.2, 0) is 10.2 Å². The summed E-state index contributed by atoms with van der Waals surface area (Å²) in [5.41, 5.74) is -0.250. The van der Waals surface area contributed by atoms with E-state index in [9.17, 15) is 17.2 Å². The molecule has 0 fully saturated rings. The molecule has 0 heterocycles. The molecule has 0 atom stereocenters. The van der Waals surface area contributed by atoms with E-state index in [-0.39, 0.29) is 5.69 Å². The number of halogens is 2. The van der Waals surface area contributed by atoms with Crippen molar-refractivity contribution in [2.45, 2.75) is 0 Å². The van der Waals surface area contributed by atoms with Crippen molar-refractivity contribution in [3.8, 4) is 0 Å². The number of benzene rings is 1. The van der Waals surface area contributed by atoms with Crippen molar-refractivity contribution in [1.82, 2.24) is 0 Å². The Bertz CT molecular complexity index is 398. The molecule has 0 amide bonds. The number of anilines is 1. The molecule has 13 heavy (non-hydrogen) atoms. The Morgan fingerprint density at radius 1 is 1.15 bits per heavy atom. The van der Waals surface area contributed by atoms with Gasteiger partial charge in [0.25, 0.3) is 10.2 Å². The highest BCUT2D eigenvalue weighted by atomic mass is 32.2. The van der Waals surface area contributed by atoms with Crippen molar-refractivity contribution in [3.05, 3.63) is 29.8 Å². The van der Waals surface area contributed by atoms with Crippen molar-refractivity contribution >= 4 is 15.9 Å². The van der Waals surface area contributed by atoms with E-state index in [0.717, 1.165) is 12.1 Å². The van der Waals surface area contributed by atoms with E-state index < -0.39 is 21.8 Å². The summed E-state index contributed by atoms with van der Waals surface area (Å²) < 4.78 is 47.6. The van der Waals surface area contributed by atoms with Gasteiger partial charge in [-0.15, -0.1) is 0 Å². The molecule has 0 bridgehead atoms. The van der Waals surface area contributed by atoms with Gasteiger partial charge < -0.3 is 0 Å². The smallest absolute Gasteiger partial charge is 0.271 e. The lowest BCUT2D eigenvalue weighted by Crippen LogP contribution is -2.21. The second kappa shape index (κ2) is 3.27. The summed E-state index contributed by atoms with van der Waals surface area (Å²) in [6, 6.07) is 2.25. The van der Waals surface area contributed by atoms with Crippen LogP contribution in [0, 0.1) is 11.6 Å². The van der Waals surface area contributed by atoms with Crippen molar-refractivity contribution in [2.24, 2.45) is 5.14 Å². The Kier molecular flexibility index (Phi) is 2.48. The molecule has 7 heteroatoms. The number of hydrogen-bond donors (Lipinski definition) is 2. The summed E-state index contributed by atoms with van der Waals surface area (Å²) >= 11 is 0. The summed E-state index contributed by atoms with van der Waals surface area (Å²) in [7, 11) is -3.99. The zero-order valence-corrected chi connectivity index (χ0v) is 7.11.